The number of morpholine rings is 1. The van der Waals surface area contributed by atoms with Gasteiger partial charge in [-0.25, -0.2) is 12.8 Å². The van der Waals surface area contributed by atoms with Crippen molar-refractivity contribution in [3.05, 3.63) is 53.8 Å². The smallest absolute Gasteiger partial charge is 0.243 e. The number of rotatable bonds is 8. The Morgan fingerprint density at radius 2 is 1.86 bits per heavy atom. The summed E-state index contributed by atoms with van der Waals surface area (Å²) in [5.74, 6) is -0.599. The molecular formula is C27H30FN3O4S. The minimum absolute atomic E-state index is 0.0536. The Bertz CT molecular complexity index is 1270. The number of nitrogens with zero attached hydrogens (tertiary/aromatic N) is 2. The number of ether oxygens (including phenoxy) is 1. The Labute approximate surface area is 211 Å². The van der Waals surface area contributed by atoms with Gasteiger partial charge in [-0.1, -0.05) is 24.3 Å². The normalized spacial score (nSPS) is 24.9. The fraction of sp³-hybridized carbons (Fsp3) is 0.481. The zero-order valence-electron chi connectivity index (χ0n) is 20.0. The van der Waals surface area contributed by atoms with E-state index < -0.39 is 21.8 Å². The minimum Gasteiger partial charge on any atom is -0.379 e. The number of nitriles is 1. The number of nitrogens with one attached hydrogen (secondary N) is 1. The largest absolute Gasteiger partial charge is 0.379 e. The molecule has 9 heteroatoms. The van der Waals surface area contributed by atoms with Crippen LogP contribution in [0.1, 0.15) is 31.2 Å². The van der Waals surface area contributed by atoms with E-state index in [1.807, 2.05) is 0 Å². The summed E-state index contributed by atoms with van der Waals surface area (Å²) in [6.45, 7) is 1.40. The number of ketones is 1. The summed E-state index contributed by atoms with van der Waals surface area (Å²) < 4.78 is 47.3. The quantitative estimate of drug-likeness (QED) is 0.584. The summed E-state index contributed by atoms with van der Waals surface area (Å²) in [6.07, 6.45) is 3.50. The van der Waals surface area contributed by atoms with Crippen LogP contribution < -0.4 is 5.32 Å². The Kier molecular flexibility index (Phi) is 7.22. The Morgan fingerprint density at radius 1 is 1.14 bits per heavy atom. The fourth-order valence-corrected chi connectivity index (χ4v) is 7.07. The Hall–Kier alpha value is -2.64. The summed E-state index contributed by atoms with van der Waals surface area (Å²) >= 11 is 0. The highest BCUT2D eigenvalue weighted by Crippen LogP contribution is 2.36. The SMILES string of the molecule is N#C[C@@H](CC(=O)[C@H]1N[C@@H]2CC[C@H]1C2)Cc1ccc(-c2ccc(S(=O)(=O)N3CCOCC3)cc2)cc1F. The Balaban J connectivity index is 1.24. The average Bonchev–Trinajstić information content (AvgIpc) is 3.54. The summed E-state index contributed by atoms with van der Waals surface area (Å²) in [7, 11) is -3.59. The Morgan fingerprint density at radius 3 is 2.47 bits per heavy atom. The first kappa shape index (κ1) is 25.0. The van der Waals surface area contributed by atoms with Crippen LogP contribution in [0.2, 0.25) is 0 Å². The van der Waals surface area contributed by atoms with Crippen LogP contribution in [0.5, 0.6) is 0 Å². The van der Waals surface area contributed by atoms with Crippen molar-refractivity contribution in [2.75, 3.05) is 26.3 Å². The zero-order chi connectivity index (χ0) is 25.3. The highest BCUT2D eigenvalue weighted by molar-refractivity contribution is 7.89. The van der Waals surface area contributed by atoms with Gasteiger partial charge in [0.2, 0.25) is 10.0 Å². The van der Waals surface area contributed by atoms with Crippen molar-refractivity contribution in [2.24, 2.45) is 11.8 Å². The highest BCUT2D eigenvalue weighted by Gasteiger charge is 2.42. The second-order valence-electron chi connectivity index (χ2n) is 9.96. The van der Waals surface area contributed by atoms with Crippen molar-refractivity contribution in [1.82, 2.24) is 9.62 Å². The van der Waals surface area contributed by atoms with Gasteiger partial charge in [0.1, 0.15) is 5.82 Å². The molecule has 190 valence electrons. The molecule has 2 aliphatic heterocycles. The van der Waals surface area contributed by atoms with Crippen molar-refractivity contribution < 1.29 is 22.3 Å². The molecule has 2 heterocycles. The molecule has 7 nitrogen and oxygen atoms in total. The van der Waals surface area contributed by atoms with Gasteiger partial charge in [0.15, 0.2) is 5.78 Å². The predicted molar refractivity (Wildman–Crippen MR) is 132 cm³/mol. The molecule has 36 heavy (non-hydrogen) atoms. The maximum atomic E-state index is 15.0. The monoisotopic (exact) mass is 511 g/mol. The van der Waals surface area contributed by atoms with Gasteiger partial charge in [-0.05, 0) is 66.5 Å². The van der Waals surface area contributed by atoms with Crippen molar-refractivity contribution in [1.29, 1.82) is 5.26 Å². The van der Waals surface area contributed by atoms with E-state index in [9.17, 15) is 22.9 Å². The maximum Gasteiger partial charge on any atom is 0.243 e. The topological polar surface area (TPSA) is 99.5 Å². The van der Waals surface area contributed by atoms with Crippen molar-refractivity contribution >= 4 is 15.8 Å². The van der Waals surface area contributed by atoms with Gasteiger partial charge in [-0.3, -0.25) is 4.79 Å². The number of hydrogen-bond acceptors (Lipinski definition) is 6. The number of fused-ring (bicyclic) bond motifs is 2. The number of piperidine rings is 1. The van der Waals surface area contributed by atoms with Crippen molar-refractivity contribution in [3.63, 3.8) is 0 Å². The lowest BCUT2D eigenvalue weighted by molar-refractivity contribution is -0.122. The molecule has 0 spiro atoms. The molecule has 2 bridgehead atoms. The third-order valence-corrected chi connectivity index (χ3v) is 9.56. The molecule has 1 saturated carbocycles. The van der Waals surface area contributed by atoms with E-state index in [1.165, 1.54) is 22.5 Å². The molecule has 2 saturated heterocycles. The molecule has 4 atom stereocenters. The average molecular weight is 512 g/mol. The molecule has 3 aliphatic rings. The first-order chi connectivity index (χ1) is 17.3. The lowest BCUT2D eigenvalue weighted by Crippen LogP contribution is -2.42. The lowest BCUT2D eigenvalue weighted by atomic mass is 9.88. The number of Topliss-reactive ketones (excluding diaryl/α,β-unsaturated/α-hetero) is 1. The second-order valence-corrected chi connectivity index (χ2v) is 11.9. The van der Waals surface area contributed by atoms with Gasteiger partial charge in [0.25, 0.3) is 0 Å². The summed E-state index contributed by atoms with van der Waals surface area (Å²) in [4.78, 5) is 12.9. The van der Waals surface area contributed by atoms with E-state index >= 15 is 0 Å². The molecule has 3 fully saturated rings. The van der Waals surface area contributed by atoms with E-state index in [4.69, 9.17) is 4.74 Å². The number of hydrogen-bond donors (Lipinski definition) is 1. The minimum atomic E-state index is -3.59. The van der Waals surface area contributed by atoms with E-state index in [-0.39, 0.29) is 29.6 Å². The standard InChI is InChI=1S/C27H30FN3O4S/c28-25-16-20(19-4-7-24(8-5-19)36(33,34)31-9-11-35-12-10-31)1-2-21(25)13-18(17-29)14-26(32)27-22-3-6-23(15-22)30-27/h1-2,4-5,7-8,16,18,22-23,27,30H,3,6,9-15H2/t18-,22+,23-,27+/m1/s1. The molecule has 0 amide bonds. The van der Waals surface area contributed by atoms with Gasteiger partial charge < -0.3 is 10.1 Å². The molecule has 5 rings (SSSR count). The fourth-order valence-electron chi connectivity index (χ4n) is 5.66. The molecule has 1 aliphatic carbocycles. The first-order valence-corrected chi connectivity index (χ1v) is 13.9. The van der Waals surface area contributed by atoms with Crippen LogP contribution in [0.25, 0.3) is 11.1 Å². The number of carbonyl (C=O) groups excluding carboxylic acids is 1. The van der Waals surface area contributed by atoms with Crippen LogP contribution in [-0.2, 0) is 26.0 Å². The van der Waals surface area contributed by atoms with Crippen LogP contribution >= 0.6 is 0 Å². The van der Waals surface area contributed by atoms with E-state index in [1.54, 1.807) is 24.3 Å². The number of benzene rings is 2. The third kappa shape index (κ3) is 5.09. The summed E-state index contributed by atoms with van der Waals surface area (Å²) in [5.41, 5.74) is 1.70. The highest BCUT2D eigenvalue weighted by atomic mass is 32.2. The van der Waals surface area contributed by atoms with E-state index in [2.05, 4.69) is 11.4 Å². The molecule has 0 radical (unpaired) electrons. The van der Waals surface area contributed by atoms with Crippen molar-refractivity contribution in [3.8, 4) is 17.2 Å². The van der Waals surface area contributed by atoms with Crippen LogP contribution in [0.15, 0.2) is 47.4 Å². The third-order valence-electron chi connectivity index (χ3n) is 7.65. The van der Waals surface area contributed by atoms with E-state index in [0.29, 0.717) is 55.0 Å². The number of halogens is 1. The van der Waals surface area contributed by atoms with Crippen LogP contribution in [0, 0.1) is 29.0 Å². The first-order valence-electron chi connectivity index (χ1n) is 12.5. The van der Waals surface area contributed by atoms with Crippen molar-refractivity contribution in [2.45, 2.75) is 49.1 Å². The van der Waals surface area contributed by atoms with Crippen LogP contribution in [-0.4, -0.2) is 56.9 Å². The molecule has 2 aromatic carbocycles. The lowest BCUT2D eigenvalue weighted by Gasteiger charge is -2.26. The summed E-state index contributed by atoms with van der Waals surface area (Å²) in [5, 5.41) is 13.0. The van der Waals surface area contributed by atoms with Gasteiger partial charge in [-0.15, -0.1) is 0 Å². The van der Waals surface area contributed by atoms with Crippen LogP contribution in [0.3, 0.4) is 0 Å². The maximum absolute atomic E-state index is 15.0. The molecular weight excluding hydrogens is 481 g/mol. The molecule has 1 N–H and O–H groups in total. The van der Waals surface area contributed by atoms with Crippen LogP contribution in [0.4, 0.5) is 4.39 Å². The molecule has 2 aromatic rings. The predicted octanol–water partition coefficient (Wildman–Crippen LogP) is 3.30. The molecule has 0 unspecified atom stereocenters. The van der Waals surface area contributed by atoms with Gasteiger partial charge in [-0.2, -0.15) is 9.57 Å². The summed E-state index contributed by atoms with van der Waals surface area (Å²) in [6, 6.07) is 13.7. The zero-order valence-corrected chi connectivity index (χ0v) is 20.8. The van der Waals surface area contributed by atoms with Gasteiger partial charge in [0, 0.05) is 25.6 Å². The van der Waals surface area contributed by atoms with Gasteiger partial charge >= 0.3 is 0 Å². The van der Waals surface area contributed by atoms with Gasteiger partial charge in [0.05, 0.1) is 36.1 Å². The number of sulfonamides is 1. The second kappa shape index (κ2) is 10.4. The number of carbonyl (C=O) groups is 1. The van der Waals surface area contributed by atoms with E-state index in [0.717, 1.165) is 19.3 Å². The molecule has 0 aromatic heterocycles.